The number of ether oxygens (including phenoxy) is 3. The first-order chi connectivity index (χ1) is 18.7. The Morgan fingerprint density at radius 3 is 2.46 bits per heavy atom. The second kappa shape index (κ2) is 10.5. The van der Waals surface area contributed by atoms with Crippen LogP contribution < -0.4 is 14.2 Å². The van der Waals surface area contributed by atoms with Gasteiger partial charge in [0.1, 0.15) is 30.1 Å². The molecule has 4 aromatic rings. The standard InChI is InChI=1S/C26H24F4N6O3/c1-4-36-11-19(26(28,29)30)34-23(36)16-8-5-14(9-17(16)27)12-39-24-18(37-2)10-31-22(35-24)20-21(15-6-7-15)32-13-33-25(20)38-3/h5,8-11,13,15H,4,6-7,12H2,1-3H3. The fourth-order valence-electron chi connectivity index (χ4n) is 4.12. The lowest BCUT2D eigenvalue weighted by Gasteiger charge is -2.14. The largest absolute Gasteiger partial charge is 0.490 e. The van der Waals surface area contributed by atoms with Crippen molar-refractivity contribution in [2.45, 2.75) is 45.0 Å². The number of aromatic nitrogens is 6. The third-order valence-electron chi connectivity index (χ3n) is 6.22. The lowest BCUT2D eigenvalue weighted by molar-refractivity contribution is -0.140. The van der Waals surface area contributed by atoms with E-state index < -0.39 is 17.7 Å². The number of nitrogens with zero attached hydrogens (tertiary/aromatic N) is 6. The molecule has 1 aliphatic rings. The van der Waals surface area contributed by atoms with E-state index in [0.717, 1.165) is 24.7 Å². The molecule has 1 fully saturated rings. The highest BCUT2D eigenvalue weighted by Gasteiger charge is 2.35. The average molecular weight is 545 g/mol. The summed E-state index contributed by atoms with van der Waals surface area (Å²) in [5, 5.41) is 0. The maximum Gasteiger partial charge on any atom is 0.434 e. The van der Waals surface area contributed by atoms with E-state index in [4.69, 9.17) is 14.2 Å². The summed E-state index contributed by atoms with van der Waals surface area (Å²) in [6.45, 7) is 1.75. The number of rotatable bonds is 9. The van der Waals surface area contributed by atoms with Crippen molar-refractivity contribution in [3.05, 3.63) is 59.7 Å². The van der Waals surface area contributed by atoms with Crippen LogP contribution in [0.2, 0.25) is 0 Å². The third-order valence-corrected chi connectivity index (χ3v) is 6.22. The van der Waals surface area contributed by atoms with Crippen molar-refractivity contribution < 1.29 is 31.8 Å². The van der Waals surface area contributed by atoms with Gasteiger partial charge in [-0.25, -0.2) is 24.3 Å². The summed E-state index contributed by atoms with van der Waals surface area (Å²) >= 11 is 0. The van der Waals surface area contributed by atoms with E-state index in [1.54, 1.807) is 13.0 Å². The van der Waals surface area contributed by atoms with Gasteiger partial charge < -0.3 is 18.8 Å². The van der Waals surface area contributed by atoms with Crippen LogP contribution in [0.4, 0.5) is 17.6 Å². The molecule has 9 nitrogen and oxygen atoms in total. The van der Waals surface area contributed by atoms with Crippen LogP contribution >= 0.6 is 0 Å². The van der Waals surface area contributed by atoms with Gasteiger partial charge in [0.15, 0.2) is 17.3 Å². The SMILES string of the molecule is CCn1cc(C(F)(F)F)nc1-c1ccc(COc2nc(-c3c(OC)ncnc3C3CC3)ncc2OC)cc1F. The first kappa shape index (κ1) is 26.3. The fraction of sp³-hybridized carbons (Fsp3) is 0.346. The smallest absolute Gasteiger partial charge is 0.434 e. The van der Waals surface area contributed by atoms with Crippen LogP contribution in [0.3, 0.4) is 0 Å². The van der Waals surface area contributed by atoms with Crippen LogP contribution in [0.25, 0.3) is 22.8 Å². The molecule has 0 atom stereocenters. The topological polar surface area (TPSA) is 97.1 Å². The lowest BCUT2D eigenvalue weighted by Crippen LogP contribution is -2.06. The fourth-order valence-corrected chi connectivity index (χ4v) is 4.12. The molecule has 0 amide bonds. The number of methoxy groups -OCH3 is 2. The van der Waals surface area contributed by atoms with Gasteiger partial charge in [0.25, 0.3) is 5.88 Å². The summed E-state index contributed by atoms with van der Waals surface area (Å²) in [4.78, 5) is 21.1. The molecule has 1 saturated carbocycles. The van der Waals surface area contributed by atoms with Crippen LogP contribution in [0.15, 0.2) is 36.9 Å². The highest BCUT2D eigenvalue weighted by atomic mass is 19.4. The number of hydrogen-bond acceptors (Lipinski definition) is 8. The number of imidazole rings is 1. The van der Waals surface area contributed by atoms with Crippen LogP contribution in [0, 0.1) is 5.82 Å². The van der Waals surface area contributed by atoms with E-state index in [1.807, 2.05) is 0 Å². The van der Waals surface area contributed by atoms with E-state index in [9.17, 15) is 13.2 Å². The van der Waals surface area contributed by atoms with Gasteiger partial charge in [-0.1, -0.05) is 6.07 Å². The quantitative estimate of drug-likeness (QED) is 0.257. The van der Waals surface area contributed by atoms with Gasteiger partial charge in [0, 0.05) is 18.7 Å². The van der Waals surface area contributed by atoms with Crippen molar-refractivity contribution in [2.75, 3.05) is 14.2 Å². The Hall–Kier alpha value is -4.29. The Morgan fingerprint density at radius 1 is 1.03 bits per heavy atom. The molecule has 3 heterocycles. The number of aryl methyl sites for hydroxylation is 1. The number of halogens is 4. The Labute approximate surface area is 220 Å². The van der Waals surface area contributed by atoms with E-state index in [2.05, 4.69) is 24.9 Å². The molecular weight excluding hydrogens is 520 g/mol. The van der Waals surface area contributed by atoms with Gasteiger partial charge in [-0.15, -0.1) is 0 Å². The zero-order valence-corrected chi connectivity index (χ0v) is 21.3. The lowest BCUT2D eigenvalue weighted by atomic mass is 10.1. The van der Waals surface area contributed by atoms with E-state index in [-0.39, 0.29) is 42.1 Å². The zero-order valence-electron chi connectivity index (χ0n) is 21.3. The minimum Gasteiger partial charge on any atom is -0.490 e. The van der Waals surface area contributed by atoms with Crippen LogP contribution in [0.5, 0.6) is 17.5 Å². The third kappa shape index (κ3) is 5.33. The average Bonchev–Trinajstić information content (AvgIpc) is 3.68. The second-order valence-electron chi connectivity index (χ2n) is 8.82. The van der Waals surface area contributed by atoms with Gasteiger partial charge in [0.05, 0.1) is 31.7 Å². The Balaban J connectivity index is 1.41. The van der Waals surface area contributed by atoms with Gasteiger partial charge in [0.2, 0.25) is 5.88 Å². The zero-order chi connectivity index (χ0) is 27.7. The molecule has 0 saturated heterocycles. The summed E-state index contributed by atoms with van der Waals surface area (Å²) in [6.07, 6.45) is 1.10. The Kier molecular flexibility index (Phi) is 7.06. The van der Waals surface area contributed by atoms with Crippen molar-refractivity contribution in [3.63, 3.8) is 0 Å². The monoisotopic (exact) mass is 544 g/mol. The summed E-state index contributed by atoms with van der Waals surface area (Å²) in [6, 6.07) is 4.11. The molecule has 1 aromatic carbocycles. The van der Waals surface area contributed by atoms with Crippen molar-refractivity contribution in [3.8, 4) is 40.3 Å². The Bertz CT molecular complexity index is 1500. The molecule has 0 radical (unpaired) electrons. The molecule has 5 rings (SSSR count). The maximum absolute atomic E-state index is 15.1. The molecule has 0 spiro atoms. The van der Waals surface area contributed by atoms with Gasteiger partial charge >= 0.3 is 6.18 Å². The van der Waals surface area contributed by atoms with Crippen molar-refractivity contribution in [2.24, 2.45) is 0 Å². The van der Waals surface area contributed by atoms with Crippen molar-refractivity contribution in [1.82, 2.24) is 29.5 Å². The van der Waals surface area contributed by atoms with Gasteiger partial charge in [-0.2, -0.15) is 18.2 Å². The molecule has 39 heavy (non-hydrogen) atoms. The first-order valence-electron chi connectivity index (χ1n) is 12.1. The van der Waals surface area contributed by atoms with E-state index in [1.165, 1.54) is 43.4 Å². The van der Waals surface area contributed by atoms with Gasteiger partial charge in [-0.05, 0) is 37.5 Å². The molecular formula is C26H24F4N6O3. The second-order valence-corrected chi connectivity index (χ2v) is 8.82. The van der Waals surface area contributed by atoms with Gasteiger partial charge in [-0.3, -0.25) is 0 Å². The van der Waals surface area contributed by atoms with Crippen molar-refractivity contribution in [1.29, 1.82) is 0 Å². The molecule has 0 N–H and O–H groups in total. The van der Waals surface area contributed by atoms with Crippen LogP contribution in [-0.4, -0.2) is 43.7 Å². The molecule has 0 bridgehead atoms. The highest BCUT2D eigenvalue weighted by molar-refractivity contribution is 5.66. The van der Waals surface area contributed by atoms with E-state index >= 15 is 4.39 Å². The number of hydrogen-bond donors (Lipinski definition) is 0. The summed E-state index contributed by atoms with van der Waals surface area (Å²) in [5.41, 5.74) is 0.637. The molecule has 13 heteroatoms. The highest BCUT2D eigenvalue weighted by Crippen LogP contribution is 2.45. The molecule has 204 valence electrons. The molecule has 0 unspecified atom stereocenters. The number of alkyl halides is 3. The van der Waals surface area contributed by atoms with Crippen LogP contribution in [-0.2, 0) is 19.3 Å². The summed E-state index contributed by atoms with van der Waals surface area (Å²) in [5.74, 6) is 0.408. The summed E-state index contributed by atoms with van der Waals surface area (Å²) in [7, 11) is 2.94. The minimum atomic E-state index is -4.63. The predicted molar refractivity (Wildman–Crippen MR) is 131 cm³/mol. The molecule has 3 aromatic heterocycles. The predicted octanol–water partition coefficient (Wildman–Crippen LogP) is 5.45. The molecule has 1 aliphatic carbocycles. The van der Waals surface area contributed by atoms with Crippen molar-refractivity contribution >= 4 is 0 Å². The van der Waals surface area contributed by atoms with E-state index in [0.29, 0.717) is 22.8 Å². The minimum absolute atomic E-state index is 0.0539. The maximum atomic E-state index is 15.1. The van der Waals surface area contributed by atoms with Crippen LogP contribution in [0.1, 0.15) is 42.6 Å². The Morgan fingerprint density at radius 2 is 1.82 bits per heavy atom. The molecule has 0 aliphatic heterocycles. The number of benzene rings is 1. The normalized spacial score (nSPS) is 13.4. The first-order valence-corrected chi connectivity index (χ1v) is 12.1. The summed E-state index contributed by atoms with van der Waals surface area (Å²) < 4.78 is 72.4.